The van der Waals surface area contributed by atoms with Crippen LogP contribution in [0.1, 0.15) is 37.6 Å². The lowest BCUT2D eigenvalue weighted by molar-refractivity contribution is 0.0290. The summed E-state index contributed by atoms with van der Waals surface area (Å²) in [6.07, 6.45) is 3.93. The minimum atomic E-state index is -0.519. The van der Waals surface area contributed by atoms with Gasteiger partial charge in [0.25, 0.3) is 5.91 Å². The zero-order valence-corrected chi connectivity index (χ0v) is 15.3. The molecule has 7 nitrogen and oxygen atoms in total. The van der Waals surface area contributed by atoms with Crippen LogP contribution in [0.4, 0.5) is 4.79 Å². The van der Waals surface area contributed by atoms with E-state index in [4.69, 9.17) is 4.74 Å². The fourth-order valence-electron chi connectivity index (χ4n) is 2.83. The molecular weight excluding hydrogens is 332 g/mol. The van der Waals surface area contributed by atoms with E-state index in [-0.39, 0.29) is 18.0 Å². The molecule has 3 rings (SSSR count). The van der Waals surface area contributed by atoms with Crippen LogP contribution in [-0.4, -0.2) is 51.4 Å². The summed E-state index contributed by atoms with van der Waals surface area (Å²) in [5.74, 6) is -0.145. The van der Waals surface area contributed by atoms with Crippen LogP contribution >= 0.6 is 0 Å². The van der Waals surface area contributed by atoms with Gasteiger partial charge in [-0.2, -0.15) is 5.10 Å². The van der Waals surface area contributed by atoms with E-state index in [2.05, 4.69) is 10.4 Å². The Labute approximate surface area is 152 Å². The molecule has 1 aliphatic rings. The Hall–Kier alpha value is -2.83. The second-order valence-electron chi connectivity index (χ2n) is 7.38. The van der Waals surface area contributed by atoms with Crippen LogP contribution in [0.5, 0.6) is 0 Å². The van der Waals surface area contributed by atoms with Gasteiger partial charge in [0, 0.05) is 37.1 Å². The summed E-state index contributed by atoms with van der Waals surface area (Å²) in [5, 5.41) is 7.15. The van der Waals surface area contributed by atoms with Gasteiger partial charge in [-0.25, -0.2) is 9.48 Å². The van der Waals surface area contributed by atoms with Crippen molar-refractivity contribution in [2.45, 2.75) is 38.8 Å². The van der Waals surface area contributed by atoms with Crippen molar-refractivity contribution in [3.05, 3.63) is 48.3 Å². The molecule has 0 radical (unpaired) electrons. The van der Waals surface area contributed by atoms with Gasteiger partial charge in [0.15, 0.2) is 0 Å². The molecule has 1 aromatic carbocycles. The van der Waals surface area contributed by atoms with Gasteiger partial charge in [-0.1, -0.05) is 0 Å². The van der Waals surface area contributed by atoms with Crippen LogP contribution in [0.25, 0.3) is 5.69 Å². The van der Waals surface area contributed by atoms with E-state index >= 15 is 0 Å². The highest BCUT2D eigenvalue weighted by Gasteiger charge is 2.30. The van der Waals surface area contributed by atoms with Crippen molar-refractivity contribution in [3.63, 3.8) is 0 Å². The molecule has 0 aliphatic carbocycles. The highest BCUT2D eigenvalue weighted by atomic mass is 16.6. The molecule has 1 unspecified atom stereocenters. The fourth-order valence-corrected chi connectivity index (χ4v) is 2.83. The number of carbonyl (C=O) groups is 2. The minimum Gasteiger partial charge on any atom is -0.444 e. The predicted molar refractivity (Wildman–Crippen MR) is 97.2 cm³/mol. The molecule has 1 aliphatic heterocycles. The number of ether oxygens (including phenoxy) is 1. The Morgan fingerprint density at radius 3 is 2.58 bits per heavy atom. The Morgan fingerprint density at radius 2 is 1.96 bits per heavy atom. The zero-order chi connectivity index (χ0) is 18.7. The van der Waals surface area contributed by atoms with E-state index in [1.807, 2.05) is 45.2 Å². The number of hydrogen-bond acceptors (Lipinski definition) is 4. The largest absolute Gasteiger partial charge is 0.444 e. The third-order valence-electron chi connectivity index (χ3n) is 4.07. The molecule has 2 heterocycles. The number of rotatable bonds is 3. The first-order valence-electron chi connectivity index (χ1n) is 8.71. The van der Waals surface area contributed by atoms with Gasteiger partial charge in [-0.15, -0.1) is 0 Å². The summed E-state index contributed by atoms with van der Waals surface area (Å²) >= 11 is 0. The highest BCUT2D eigenvalue weighted by Crippen LogP contribution is 2.16. The van der Waals surface area contributed by atoms with E-state index in [9.17, 15) is 9.59 Å². The van der Waals surface area contributed by atoms with Crippen molar-refractivity contribution in [1.29, 1.82) is 0 Å². The lowest BCUT2D eigenvalue weighted by atomic mass is 10.1. The molecule has 26 heavy (non-hydrogen) atoms. The van der Waals surface area contributed by atoms with Crippen molar-refractivity contribution < 1.29 is 14.3 Å². The Morgan fingerprint density at radius 1 is 1.23 bits per heavy atom. The monoisotopic (exact) mass is 356 g/mol. The summed E-state index contributed by atoms with van der Waals surface area (Å²) in [5.41, 5.74) is 0.953. The van der Waals surface area contributed by atoms with Crippen molar-refractivity contribution in [3.8, 4) is 5.69 Å². The second-order valence-corrected chi connectivity index (χ2v) is 7.38. The first kappa shape index (κ1) is 18.0. The van der Waals surface area contributed by atoms with Crippen LogP contribution in [0.15, 0.2) is 42.7 Å². The third kappa shape index (κ3) is 4.41. The maximum atomic E-state index is 12.4. The van der Waals surface area contributed by atoms with E-state index < -0.39 is 5.60 Å². The SMILES string of the molecule is CC(C)(C)OC(=O)N1CCC(NC(=O)c2ccc(-n3cccn3)cc2)C1. The average molecular weight is 356 g/mol. The van der Waals surface area contributed by atoms with Crippen LogP contribution in [0, 0.1) is 0 Å². The Bertz CT molecular complexity index is 763. The summed E-state index contributed by atoms with van der Waals surface area (Å²) in [6.45, 7) is 6.57. The van der Waals surface area contributed by atoms with Gasteiger partial charge in [0.05, 0.1) is 5.69 Å². The molecule has 1 fully saturated rings. The topological polar surface area (TPSA) is 76.5 Å². The number of hydrogen-bond donors (Lipinski definition) is 1. The number of amides is 2. The van der Waals surface area contributed by atoms with Gasteiger partial charge in [-0.3, -0.25) is 4.79 Å². The first-order valence-corrected chi connectivity index (χ1v) is 8.71. The maximum Gasteiger partial charge on any atom is 0.410 e. The average Bonchev–Trinajstić information content (AvgIpc) is 3.25. The molecule has 2 aromatic rings. The van der Waals surface area contributed by atoms with Crippen LogP contribution < -0.4 is 5.32 Å². The van der Waals surface area contributed by atoms with Gasteiger partial charge in [0.1, 0.15) is 5.60 Å². The molecule has 1 atom stereocenters. The van der Waals surface area contributed by atoms with Crippen molar-refractivity contribution >= 4 is 12.0 Å². The smallest absolute Gasteiger partial charge is 0.410 e. The van der Waals surface area contributed by atoms with Gasteiger partial charge >= 0.3 is 6.09 Å². The fraction of sp³-hybridized carbons (Fsp3) is 0.421. The number of aromatic nitrogens is 2. The van der Waals surface area contributed by atoms with Crippen molar-refractivity contribution in [2.24, 2.45) is 0 Å². The molecule has 7 heteroatoms. The summed E-state index contributed by atoms with van der Waals surface area (Å²) < 4.78 is 7.11. The van der Waals surface area contributed by atoms with Crippen molar-refractivity contribution in [2.75, 3.05) is 13.1 Å². The van der Waals surface area contributed by atoms with Crippen LogP contribution in [0.3, 0.4) is 0 Å². The Balaban J connectivity index is 1.55. The van der Waals surface area contributed by atoms with E-state index in [1.54, 1.807) is 27.9 Å². The summed E-state index contributed by atoms with van der Waals surface area (Å²) in [4.78, 5) is 26.2. The molecule has 1 saturated heterocycles. The highest BCUT2D eigenvalue weighted by molar-refractivity contribution is 5.94. The minimum absolute atomic E-state index is 0.0687. The van der Waals surface area contributed by atoms with Crippen LogP contribution in [0.2, 0.25) is 0 Å². The van der Waals surface area contributed by atoms with E-state index in [0.29, 0.717) is 18.7 Å². The number of nitrogens with one attached hydrogen (secondary N) is 1. The normalized spacial score (nSPS) is 17.2. The standard InChI is InChI=1S/C19H24N4O3/c1-19(2,3)26-18(25)22-12-9-15(13-22)21-17(24)14-5-7-16(8-6-14)23-11-4-10-20-23/h4-8,10-11,15H,9,12-13H2,1-3H3,(H,21,24). The molecule has 0 bridgehead atoms. The molecule has 2 amide bonds. The lowest BCUT2D eigenvalue weighted by Crippen LogP contribution is -2.40. The van der Waals surface area contributed by atoms with Gasteiger partial charge in [0.2, 0.25) is 0 Å². The molecule has 1 aromatic heterocycles. The first-order chi connectivity index (χ1) is 12.3. The number of nitrogens with zero attached hydrogens (tertiary/aromatic N) is 3. The molecular formula is C19H24N4O3. The summed E-state index contributed by atoms with van der Waals surface area (Å²) in [7, 11) is 0. The Kier molecular flexibility index (Phi) is 4.97. The van der Waals surface area contributed by atoms with Crippen molar-refractivity contribution in [1.82, 2.24) is 20.0 Å². The lowest BCUT2D eigenvalue weighted by Gasteiger charge is -2.24. The van der Waals surface area contributed by atoms with Crippen LogP contribution in [-0.2, 0) is 4.74 Å². The van der Waals surface area contributed by atoms with E-state index in [1.165, 1.54) is 0 Å². The molecule has 1 N–H and O–H groups in total. The predicted octanol–water partition coefficient (Wildman–Crippen LogP) is 2.61. The number of benzene rings is 1. The molecule has 0 spiro atoms. The zero-order valence-electron chi connectivity index (χ0n) is 15.3. The maximum absolute atomic E-state index is 12.4. The van der Waals surface area contributed by atoms with E-state index in [0.717, 1.165) is 12.1 Å². The number of likely N-dealkylation sites (tertiary alicyclic amines) is 1. The van der Waals surface area contributed by atoms with Gasteiger partial charge < -0.3 is 15.0 Å². The molecule has 0 saturated carbocycles. The van der Waals surface area contributed by atoms with Gasteiger partial charge in [-0.05, 0) is 57.5 Å². The number of carbonyl (C=O) groups excluding carboxylic acids is 2. The third-order valence-corrected chi connectivity index (χ3v) is 4.07. The second kappa shape index (κ2) is 7.19. The molecule has 138 valence electrons. The summed E-state index contributed by atoms with van der Waals surface area (Å²) in [6, 6.07) is 9.02. The quantitative estimate of drug-likeness (QED) is 0.917.